The van der Waals surface area contributed by atoms with Crippen LogP contribution >= 0.6 is 0 Å². The van der Waals surface area contributed by atoms with Crippen LogP contribution in [0.2, 0.25) is 0 Å². The smallest absolute Gasteiger partial charge is 0.131 e. The number of nitrogens with one attached hydrogen (secondary N) is 1. The second kappa shape index (κ2) is 5.45. The largest absolute Gasteiger partial charge is 0.309 e. The first-order valence-electron chi connectivity index (χ1n) is 5.90. The topological polar surface area (TPSA) is 12.0 Å². The van der Waals surface area contributed by atoms with Gasteiger partial charge in [0.25, 0.3) is 0 Å². The fourth-order valence-electron chi connectivity index (χ4n) is 2.17. The van der Waals surface area contributed by atoms with Gasteiger partial charge >= 0.3 is 0 Å². The molecular formula is C15H14F3N. The fraction of sp³-hybridized carbons (Fsp3) is 0.200. The minimum absolute atomic E-state index is 0.286. The predicted octanol–water partition coefficient (Wildman–Crippen LogP) is 3.72. The molecule has 0 spiro atoms. The van der Waals surface area contributed by atoms with E-state index in [4.69, 9.17) is 0 Å². The molecule has 19 heavy (non-hydrogen) atoms. The van der Waals surface area contributed by atoms with Crippen molar-refractivity contribution < 1.29 is 13.2 Å². The van der Waals surface area contributed by atoms with E-state index in [0.29, 0.717) is 5.56 Å². The lowest BCUT2D eigenvalue weighted by Crippen LogP contribution is -2.19. The summed E-state index contributed by atoms with van der Waals surface area (Å²) in [5.74, 6) is -1.66. The molecule has 0 aliphatic carbocycles. The normalized spacial score (nSPS) is 12.5. The Balaban J connectivity index is 2.49. The lowest BCUT2D eigenvalue weighted by Gasteiger charge is -2.18. The molecule has 0 aromatic heterocycles. The van der Waals surface area contributed by atoms with Crippen molar-refractivity contribution >= 4 is 0 Å². The Morgan fingerprint density at radius 2 is 1.68 bits per heavy atom. The average Bonchev–Trinajstić information content (AvgIpc) is 2.31. The molecule has 0 saturated carbocycles. The van der Waals surface area contributed by atoms with Crippen molar-refractivity contribution in [1.82, 2.24) is 5.32 Å². The van der Waals surface area contributed by atoms with Crippen LogP contribution in [0.4, 0.5) is 13.2 Å². The zero-order chi connectivity index (χ0) is 14.0. The van der Waals surface area contributed by atoms with Crippen LogP contribution in [0.15, 0.2) is 36.4 Å². The van der Waals surface area contributed by atoms with Crippen molar-refractivity contribution in [2.24, 2.45) is 0 Å². The second-order valence-electron chi connectivity index (χ2n) is 4.45. The Hall–Kier alpha value is -1.81. The summed E-state index contributed by atoms with van der Waals surface area (Å²) in [5.41, 5.74) is 1.64. The number of hydrogen-bond acceptors (Lipinski definition) is 1. The Kier molecular flexibility index (Phi) is 3.90. The third-order valence-corrected chi connectivity index (χ3v) is 2.96. The van der Waals surface area contributed by atoms with Gasteiger partial charge in [-0.3, -0.25) is 0 Å². The molecule has 0 aliphatic heterocycles. The molecule has 1 nitrogen and oxygen atoms in total. The molecule has 2 aromatic carbocycles. The van der Waals surface area contributed by atoms with Gasteiger partial charge in [0, 0.05) is 11.6 Å². The zero-order valence-electron chi connectivity index (χ0n) is 10.7. The Morgan fingerprint density at radius 3 is 2.26 bits per heavy atom. The highest BCUT2D eigenvalue weighted by atomic mass is 19.1. The molecule has 4 heteroatoms. The van der Waals surface area contributed by atoms with E-state index in [9.17, 15) is 13.2 Å². The fourth-order valence-corrected chi connectivity index (χ4v) is 2.17. The molecule has 0 fully saturated rings. The molecule has 2 rings (SSSR count). The van der Waals surface area contributed by atoms with Gasteiger partial charge < -0.3 is 5.32 Å². The van der Waals surface area contributed by atoms with Gasteiger partial charge in [-0.15, -0.1) is 0 Å². The van der Waals surface area contributed by atoms with E-state index in [1.54, 1.807) is 20.0 Å². The monoisotopic (exact) mass is 265 g/mol. The summed E-state index contributed by atoms with van der Waals surface area (Å²) in [6, 6.07) is 7.38. The lowest BCUT2D eigenvalue weighted by atomic mass is 9.97. The highest BCUT2D eigenvalue weighted by molar-refractivity contribution is 5.35. The average molecular weight is 265 g/mol. The molecule has 1 atom stereocenters. The van der Waals surface area contributed by atoms with Crippen LogP contribution in [0.3, 0.4) is 0 Å². The summed E-state index contributed by atoms with van der Waals surface area (Å²) < 4.78 is 40.1. The maximum absolute atomic E-state index is 13.8. The molecule has 1 N–H and O–H groups in total. The zero-order valence-corrected chi connectivity index (χ0v) is 10.7. The third kappa shape index (κ3) is 2.96. The van der Waals surface area contributed by atoms with E-state index in [0.717, 1.165) is 11.6 Å². The van der Waals surface area contributed by atoms with Gasteiger partial charge in [-0.2, -0.15) is 0 Å². The third-order valence-electron chi connectivity index (χ3n) is 2.96. The molecule has 1 unspecified atom stereocenters. The van der Waals surface area contributed by atoms with Gasteiger partial charge in [0.15, 0.2) is 0 Å². The highest BCUT2D eigenvalue weighted by Crippen LogP contribution is 2.26. The van der Waals surface area contributed by atoms with E-state index in [-0.39, 0.29) is 11.4 Å². The first-order valence-corrected chi connectivity index (χ1v) is 5.90. The van der Waals surface area contributed by atoms with Gasteiger partial charge in [0.1, 0.15) is 17.5 Å². The van der Waals surface area contributed by atoms with Crippen LogP contribution < -0.4 is 5.32 Å². The first kappa shape index (κ1) is 13.6. The second-order valence-corrected chi connectivity index (χ2v) is 4.45. The predicted molar refractivity (Wildman–Crippen MR) is 68.4 cm³/mol. The first-order chi connectivity index (χ1) is 9.01. The number of halogens is 3. The van der Waals surface area contributed by atoms with Gasteiger partial charge in [0.05, 0.1) is 6.04 Å². The Bertz CT molecular complexity index is 576. The molecule has 100 valence electrons. The molecule has 2 aromatic rings. The van der Waals surface area contributed by atoms with Crippen LogP contribution in [0, 0.1) is 24.4 Å². The quantitative estimate of drug-likeness (QED) is 0.891. The number of hydrogen-bond donors (Lipinski definition) is 1. The molecule has 0 bridgehead atoms. The van der Waals surface area contributed by atoms with Crippen molar-refractivity contribution in [1.29, 1.82) is 0 Å². The summed E-state index contributed by atoms with van der Waals surface area (Å²) >= 11 is 0. The molecule has 0 amide bonds. The maximum Gasteiger partial charge on any atom is 0.131 e. The van der Waals surface area contributed by atoms with Crippen LogP contribution in [0.25, 0.3) is 0 Å². The van der Waals surface area contributed by atoms with E-state index in [1.807, 2.05) is 0 Å². The summed E-state index contributed by atoms with van der Waals surface area (Å²) in [6.45, 7) is 1.76. The number of aryl methyl sites for hydroxylation is 1. The number of benzene rings is 2. The summed E-state index contributed by atoms with van der Waals surface area (Å²) in [4.78, 5) is 0. The van der Waals surface area contributed by atoms with Gasteiger partial charge in [-0.05, 0) is 43.3 Å². The van der Waals surface area contributed by atoms with Crippen LogP contribution in [0.5, 0.6) is 0 Å². The summed E-state index contributed by atoms with van der Waals surface area (Å²) in [7, 11) is 1.65. The van der Waals surface area contributed by atoms with Crippen molar-refractivity contribution in [2.45, 2.75) is 13.0 Å². The van der Waals surface area contributed by atoms with Gasteiger partial charge in [0.2, 0.25) is 0 Å². The van der Waals surface area contributed by atoms with E-state index in [2.05, 4.69) is 5.32 Å². The van der Waals surface area contributed by atoms with Gasteiger partial charge in [-0.1, -0.05) is 12.1 Å². The molecule has 0 aliphatic rings. The van der Waals surface area contributed by atoms with E-state index in [1.165, 1.54) is 24.3 Å². The number of rotatable bonds is 3. The van der Waals surface area contributed by atoms with Crippen LogP contribution in [0.1, 0.15) is 22.7 Å². The molecule has 0 radical (unpaired) electrons. The molecule has 0 saturated heterocycles. The lowest BCUT2D eigenvalue weighted by molar-refractivity contribution is 0.549. The highest BCUT2D eigenvalue weighted by Gasteiger charge is 2.17. The minimum Gasteiger partial charge on any atom is -0.309 e. The minimum atomic E-state index is -0.652. The Morgan fingerprint density at radius 1 is 0.947 bits per heavy atom. The van der Waals surface area contributed by atoms with Crippen LogP contribution in [-0.4, -0.2) is 7.05 Å². The van der Waals surface area contributed by atoms with E-state index >= 15 is 0 Å². The standard InChI is InChI=1S/C15H14F3N/c1-9-5-10(7-12(17)6-9)15(19-2)13-4-3-11(16)8-14(13)18/h3-8,15,19H,1-2H3. The summed E-state index contributed by atoms with van der Waals surface area (Å²) in [5, 5.41) is 2.92. The van der Waals surface area contributed by atoms with Crippen molar-refractivity contribution in [3.05, 3.63) is 70.5 Å². The van der Waals surface area contributed by atoms with Crippen LogP contribution in [-0.2, 0) is 0 Å². The van der Waals surface area contributed by atoms with Crippen molar-refractivity contribution in [3.63, 3.8) is 0 Å². The SMILES string of the molecule is CNC(c1cc(C)cc(F)c1)c1ccc(F)cc1F. The Labute approximate surface area is 110 Å². The molecular weight excluding hydrogens is 251 g/mol. The molecule has 0 heterocycles. The van der Waals surface area contributed by atoms with Crippen molar-refractivity contribution in [3.8, 4) is 0 Å². The summed E-state index contributed by atoms with van der Waals surface area (Å²) in [6.07, 6.45) is 0. The van der Waals surface area contributed by atoms with E-state index < -0.39 is 17.7 Å². The van der Waals surface area contributed by atoms with Crippen molar-refractivity contribution in [2.75, 3.05) is 7.05 Å². The maximum atomic E-state index is 13.8. The van der Waals surface area contributed by atoms with Gasteiger partial charge in [-0.25, -0.2) is 13.2 Å².